The normalized spacial score (nSPS) is 8.79. The maximum Gasteiger partial charge on any atom is 0.159 e. The third-order valence-corrected chi connectivity index (χ3v) is 3.10. The minimum Gasteiger partial charge on any atom is -0.497 e. The first-order valence-corrected chi connectivity index (χ1v) is 7.80. The number of Topliss-reactive ketones (excluding diaryl/α,β-unsaturated/α-hetero) is 1. The molecule has 0 heterocycles. The highest BCUT2D eigenvalue weighted by molar-refractivity contribution is 5.93. The number of ether oxygens (including phenoxy) is 1. The Morgan fingerprint density at radius 3 is 1.38 bits per heavy atom. The van der Waals surface area contributed by atoms with Crippen molar-refractivity contribution in [1.82, 2.24) is 0 Å². The Morgan fingerprint density at radius 2 is 1.12 bits per heavy atom. The fourth-order valence-electron chi connectivity index (χ4n) is 1.76. The summed E-state index contributed by atoms with van der Waals surface area (Å²) in [5.41, 5.74) is 2.10. The molecule has 0 saturated heterocycles. The smallest absolute Gasteiger partial charge is 0.159 e. The number of hydrogen-bond donors (Lipinski definition) is 0. The van der Waals surface area contributed by atoms with Crippen molar-refractivity contribution in [3.05, 3.63) is 102 Å². The molecule has 0 radical (unpaired) electrons. The Hall–Kier alpha value is -2.87. The molecule has 0 atom stereocenters. The van der Waals surface area contributed by atoms with Crippen LogP contribution in [0.4, 0.5) is 0 Å². The van der Waals surface area contributed by atoms with Crippen LogP contribution >= 0.6 is 0 Å². The Labute approximate surface area is 144 Å². The molecule has 124 valence electrons. The van der Waals surface area contributed by atoms with Crippen LogP contribution in [-0.4, -0.2) is 12.9 Å². The summed E-state index contributed by atoms with van der Waals surface area (Å²) in [4.78, 5) is 10.6. The lowest BCUT2D eigenvalue weighted by molar-refractivity contribution is 0.101. The second-order valence-electron chi connectivity index (χ2n) is 5.09. The van der Waals surface area contributed by atoms with Gasteiger partial charge in [0.05, 0.1) is 7.11 Å². The Morgan fingerprint density at radius 1 is 0.708 bits per heavy atom. The Bertz CT molecular complexity index is 677. The van der Waals surface area contributed by atoms with Crippen LogP contribution in [0.5, 0.6) is 5.75 Å². The van der Waals surface area contributed by atoms with Crippen LogP contribution in [0.2, 0.25) is 0 Å². The van der Waals surface area contributed by atoms with Crippen molar-refractivity contribution in [3.8, 4) is 5.75 Å². The van der Waals surface area contributed by atoms with E-state index >= 15 is 0 Å². The van der Waals surface area contributed by atoms with E-state index in [2.05, 4.69) is 19.1 Å². The van der Waals surface area contributed by atoms with E-state index in [1.165, 1.54) is 5.56 Å². The van der Waals surface area contributed by atoms with E-state index in [-0.39, 0.29) is 5.78 Å². The first-order chi connectivity index (χ1) is 11.6. The summed E-state index contributed by atoms with van der Waals surface area (Å²) >= 11 is 0. The molecule has 0 aliphatic rings. The molecule has 0 amide bonds. The van der Waals surface area contributed by atoms with Crippen LogP contribution in [0.3, 0.4) is 0 Å². The number of rotatable bonds is 2. The summed E-state index contributed by atoms with van der Waals surface area (Å²) in [6.07, 6.45) is 0. The largest absolute Gasteiger partial charge is 0.497 e. The average Bonchev–Trinajstić information content (AvgIpc) is 2.65. The topological polar surface area (TPSA) is 26.3 Å². The molecular weight excluding hydrogens is 296 g/mol. The number of benzene rings is 3. The van der Waals surface area contributed by atoms with Gasteiger partial charge in [-0.2, -0.15) is 0 Å². The molecule has 24 heavy (non-hydrogen) atoms. The van der Waals surface area contributed by atoms with E-state index in [1.54, 1.807) is 14.0 Å². The fourth-order valence-corrected chi connectivity index (χ4v) is 1.76. The van der Waals surface area contributed by atoms with Gasteiger partial charge in [-0.05, 0) is 26.0 Å². The van der Waals surface area contributed by atoms with Gasteiger partial charge in [-0.15, -0.1) is 0 Å². The van der Waals surface area contributed by atoms with E-state index in [4.69, 9.17) is 4.74 Å². The standard InChI is InChI=1S/C8H8O.C7H8O.C7H8/c1-7(9)8-5-3-2-4-6-8;1-8-7-5-3-2-4-6-7;1-7-5-3-2-4-6-7/h2-6H,1H3;2-6H,1H3;2-6H,1H3. The van der Waals surface area contributed by atoms with Crippen LogP contribution in [-0.2, 0) is 0 Å². The summed E-state index contributed by atoms with van der Waals surface area (Å²) in [6, 6.07) is 29.2. The van der Waals surface area contributed by atoms with E-state index in [0.717, 1.165) is 11.3 Å². The van der Waals surface area contributed by atoms with E-state index in [1.807, 2.05) is 78.9 Å². The molecule has 2 nitrogen and oxygen atoms in total. The molecule has 0 saturated carbocycles. The van der Waals surface area contributed by atoms with Gasteiger partial charge < -0.3 is 4.74 Å². The molecule has 3 aromatic carbocycles. The zero-order valence-corrected chi connectivity index (χ0v) is 14.5. The number of carbonyl (C=O) groups excluding carboxylic acids is 1. The van der Waals surface area contributed by atoms with Crippen LogP contribution in [0.25, 0.3) is 0 Å². The molecule has 0 aromatic heterocycles. The van der Waals surface area contributed by atoms with Gasteiger partial charge in [-0.1, -0.05) is 84.4 Å². The van der Waals surface area contributed by atoms with Gasteiger partial charge in [0.25, 0.3) is 0 Å². The molecule has 0 spiro atoms. The highest BCUT2D eigenvalue weighted by Crippen LogP contribution is 2.05. The van der Waals surface area contributed by atoms with Crippen molar-refractivity contribution in [2.75, 3.05) is 7.11 Å². The van der Waals surface area contributed by atoms with Gasteiger partial charge >= 0.3 is 0 Å². The van der Waals surface area contributed by atoms with Crippen LogP contribution in [0.1, 0.15) is 22.8 Å². The minimum absolute atomic E-state index is 0.121. The first-order valence-electron chi connectivity index (χ1n) is 7.80. The molecule has 3 aromatic rings. The number of hydrogen-bond acceptors (Lipinski definition) is 2. The van der Waals surface area contributed by atoms with Gasteiger partial charge in [-0.25, -0.2) is 0 Å². The highest BCUT2D eigenvalue weighted by atomic mass is 16.5. The average molecular weight is 320 g/mol. The second kappa shape index (κ2) is 11.7. The number of methoxy groups -OCH3 is 1. The van der Waals surface area contributed by atoms with Crippen LogP contribution in [0.15, 0.2) is 91.0 Å². The number of ketones is 1. The minimum atomic E-state index is 0.121. The van der Waals surface area contributed by atoms with Crippen LogP contribution < -0.4 is 4.74 Å². The van der Waals surface area contributed by atoms with Crippen LogP contribution in [0, 0.1) is 6.92 Å². The van der Waals surface area contributed by atoms with Gasteiger partial charge in [0.1, 0.15) is 5.75 Å². The van der Waals surface area contributed by atoms with Gasteiger partial charge in [-0.3, -0.25) is 4.79 Å². The predicted molar refractivity (Wildman–Crippen MR) is 101 cm³/mol. The lowest BCUT2D eigenvalue weighted by Crippen LogP contribution is -1.88. The molecule has 0 aliphatic carbocycles. The third-order valence-electron chi connectivity index (χ3n) is 3.10. The summed E-state index contributed by atoms with van der Waals surface area (Å²) in [6.45, 7) is 3.65. The monoisotopic (exact) mass is 320 g/mol. The van der Waals surface area contributed by atoms with E-state index < -0.39 is 0 Å². The van der Waals surface area contributed by atoms with Gasteiger partial charge in [0.2, 0.25) is 0 Å². The molecular formula is C22H24O2. The quantitative estimate of drug-likeness (QED) is 0.576. The maximum absolute atomic E-state index is 10.6. The summed E-state index contributed by atoms with van der Waals surface area (Å²) < 4.78 is 4.91. The highest BCUT2D eigenvalue weighted by Gasteiger charge is 1.92. The third kappa shape index (κ3) is 8.54. The molecule has 0 fully saturated rings. The molecule has 0 bridgehead atoms. The van der Waals surface area contributed by atoms with Gasteiger partial charge in [0.15, 0.2) is 5.78 Å². The van der Waals surface area contributed by atoms with Crippen molar-refractivity contribution < 1.29 is 9.53 Å². The molecule has 2 heteroatoms. The van der Waals surface area contributed by atoms with Gasteiger partial charge in [0, 0.05) is 5.56 Å². The summed E-state index contributed by atoms with van der Waals surface area (Å²) in [5.74, 6) is 1.03. The number of aryl methyl sites for hydroxylation is 1. The van der Waals surface area contributed by atoms with E-state index in [0.29, 0.717) is 0 Å². The predicted octanol–water partition coefficient (Wildman–Crippen LogP) is 5.58. The lowest BCUT2D eigenvalue weighted by Gasteiger charge is -1.93. The zero-order chi connectivity index (χ0) is 17.6. The Kier molecular flexibility index (Phi) is 9.32. The van der Waals surface area contributed by atoms with E-state index in [9.17, 15) is 4.79 Å². The van der Waals surface area contributed by atoms with Crippen molar-refractivity contribution in [2.24, 2.45) is 0 Å². The second-order valence-corrected chi connectivity index (χ2v) is 5.09. The van der Waals surface area contributed by atoms with Crippen molar-refractivity contribution in [2.45, 2.75) is 13.8 Å². The molecule has 0 aliphatic heterocycles. The first kappa shape index (κ1) is 19.2. The van der Waals surface area contributed by atoms with Crippen molar-refractivity contribution >= 4 is 5.78 Å². The fraction of sp³-hybridized carbons (Fsp3) is 0.136. The summed E-state index contributed by atoms with van der Waals surface area (Å²) in [7, 11) is 1.66. The van der Waals surface area contributed by atoms with Crippen molar-refractivity contribution in [1.29, 1.82) is 0 Å². The summed E-state index contributed by atoms with van der Waals surface area (Å²) in [5, 5.41) is 0. The van der Waals surface area contributed by atoms with Crippen molar-refractivity contribution in [3.63, 3.8) is 0 Å². The molecule has 0 N–H and O–H groups in total. The number of carbonyl (C=O) groups is 1. The maximum atomic E-state index is 10.6. The molecule has 3 rings (SSSR count). The number of para-hydroxylation sites is 1. The lowest BCUT2D eigenvalue weighted by atomic mass is 10.2. The Balaban J connectivity index is 0.000000181. The SMILES string of the molecule is CC(=O)c1ccccc1.COc1ccccc1.Cc1ccccc1. The molecule has 0 unspecified atom stereocenters. The zero-order valence-electron chi connectivity index (χ0n) is 14.5.